The van der Waals surface area contributed by atoms with Crippen LogP contribution in [0.5, 0.6) is 5.75 Å². The van der Waals surface area contributed by atoms with Crippen molar-refractivity contribution in [2.75, 3.05) is 6.61 Å². The predicted octanol–water partition coefficient (Wildman–Crippen LogP) is 2.96. The summed E-state index contributed by atoms with van der Waals surface area (Å²) in [5, 5.41) is 0.643. The molecule has 0 spiro atoms. The van der Waals surface area contributed by atoms with Crippen LogP contribution < -0.4 is 10.2 Å². The van der Waals surface area contributed by atoms with E-state index in [0.29, 0.717) is 5.02 Å². The van der Waals surface area contributed by atoms with E-state index in [-0.39, 0.29) is 11.2 Å². The molecule has 1 saturated heterocycles. The number of halogens is 1. The number of hydrogen-bond donors (Lipinski definition) is 0. The number of hydrogen-bond acceptors (Lipinski definition) is 3. The van der Waals surface area contributed by atoms with Gasteiger partial charge >= 0.3 is 7.12 Å². The Labute approximate surface area is 125 Å². The number of fused-ring (bicyclic) bond motifs is 1. The first-order chi connectivity index (χ1) is 9.30. The summed E-state index contributed by atoms with van der Waals surface area (Å²) in [5.74, 6) is 0.890. The summed E-state index contributed by atoms with van der Waals surface area (Å²) in [6, 6.07) is 3.95. The second-order valence-electron chi connectivity index (χ2n) is 6.52. The molecule has 2 heterocycles. The lowest BCUT2D eigenvalue weighted by Crippen LogP contribution is -2.41. The number of ether oxygens (including phenoxy) is 1. The fourth-order valence-electron chi connectivity index (χ4n) is 2.54. The molecular formula is C15H20BClO3. The Bertz CT molecular complexity index is 526. The summed E-state index contributed by atoms with van der Waals surface area (Å²) in [4.78, 5) is 0. The van der Waals surface area contributed by atoms with Crippen molar-refractivity contribution in [2.45, 2.75) is 51.7 Å². The molecule has 0 N–H and O–H groups in total. The zero-order valence-electron chi connectivity index (χ0n) is 12.5. The Morgan fingerprint density at radius 2 is 1.75 bits per heavy atom. The van der Waals surface area contributed by atoms with E-state index >= 15 is 0 Å². The summed E-state index contributed by atoms with van der Waals surface area (Å²) < 4.78 is 17.8. The molecule has 0 radical (unpaired) electrons. The van der Waals surface area contributed by atoms with Gasteiger partial charge in [-0.1, -0.05) is 17.7 Å². The first-order valence-electron chi connectivity index (χ1n) is 7.11. The number of rotatable bonds is 1. The van der Waals surface area contributed by atoms with Gasteiger partial charge in [0.2, 0.25) is 0 Å². The van der Waals surface area contributed by atoms with Gasteiger partial charge in [0.05, 0.1) is 17.8 Å². The molecule has 0 saturated carbocycles. The van der Waals surface area contributed by atoms with Gasteiger partial charge in [-0.15, -0.1) is 0 Å². The molecule has 2 aliphatic rings. The van der Waals surface area contributed by atoms with Gasteiger partial charge < -0.3 is 14.0 Å². The molecule has 1 fully saturated rings. The molecule has 0 bridgehead atoms. The van der Waals surface area contributed by atoms with Crippen LogP contribution in [-0.4, -0.2) is 24.9 Å². The summed E-state index contributed by atoms with van der Waals surface area (Å²) in [6.07, 6.45) is 2.05. The summed E-state index contributed by atoms with van der Waals surface area (Å²) in [6.45, 7) is 8.94. The maximum atomic E-state index is 6.39. The Balaban J connectivity index is 1.96. The van der Waals surface area contributed by atoms with E-state index in [1.54, 1.807) is 0 Å². The van der Waals surface area contributed by atoms with Crippen LogP contribution in [-0.2, 0) is 15.7 Å². The van der Waals surface area contributed by atoms with Crippen molar-refractivity contribution in [1.29, 1.82) is 0 Å². The van der Waals surface area contributed by atoms with E-state index in [9.17, 15) is 0 Å². The molecule has 2 aliphatic heterocycles. The monoisotopic (exact) mass is 294 g/mol. The molecule has 0 amide bonds. The molecule has 1 aromatic carbocycles. The van der Waals surface area contributed by atoms with Gasteiger partial charge in [0.1, 0.15) is 5.75 Å². The minimum absolute atomic E-state index is 0.354. The van der Waals surface area contributed by atoms with Crippen molar-refractivity contribution in [1.82, 2.24) is 0 Å². The van der Waals surface area contributed by atoms with Crippen molar-refractivity contribution in [3.8, 4) is 5.75 Å². The smallest absolute Gasteiger partial charge is 0.493 e. The second kappa shape index (κ2) is 4.65. The van der Waals surface area contributed by atoms with Crippen molar-refractivity contribution in [3.05, 3.63) is 22.7 Å². The number of aryl methyl sites for hydroxylation is 1. The van der Waals surface area contributed by atoms with Crippen LogP contribution in [0.1, 0.15) is 39.7 Å². The first-order valence-corrected chi connectivity index (χ1v) is 7.49. The average molecular weight is 295 g/mol. The highest BCUT2D eigenvalue weighted by Gasteiger charge is 2.52. The Hall–Kier alpha value is -0.705. The maximum absolute atomic E-state index is 6.39. The van der Waals surface area contributed by atoms with Gasteiger partial charge in [0, 0.05) is 10.5 Å². The minimum atomic E-state index is -0.417. The first kappa shape index (κ1) is 14.2. The van der Waals surface area contributed by atoms with E-state index in [1.807, 2.05) is 33.8 Å². The molecule has 3 nitrogen and oxygen atoms in total. The quantitative estimate of drug-likeness (QED) is 0.745. The molecular weight excluding hydrogens is 274 g/mol. The fourth-order valence-corrected chi connectivity index (χ4v) is 2.79. The lowest BCUT2D eigenvalue weighted by Gasteiger charge is -2.32. The average Bonchev–Trinajstić information content (AvgIpc) is 2.57. The van der Waals surface area contributed by atoms with Crippen molar-refractivity contribution in [3.63, 3.8) is 0 Å². The molecule has 0 aromatic heterocycles. The van der Waals surface area contributed by atoms with E-state index in [4.69, 9.17) is 25.6 Å². The zero-order valence-corrected chi connectivity index (χ0v) is 13.2. The third-order valence-electron chi connectivity index (χ3n) is 4.54. The molecule has 108 valence electrons. The summed E-state index contributed by atoms with van der Waals surface area (Å²) in [7, 11) is -0.417. The highest BCUT2D eigenvalue weighted by atomic mass is 35.5. The van der Waals surface area contributed by atoms with E-state index in [0.717, 1.165) is 30.7 Å². The van der Waals surface area contributed by atoms with Crippen LogP contribution in [0.25, 0.3) is 0 Å². The van der Waals surface area contributed by atoms with Crippen LogP contribution in [0, 0.1) is 0 Å². The summed E-state index contributed by atoms with van der Waals surface area (Å²) in [5.41, 5.74) is 1.38. The minimum Gasteiger partial charge on any atom is -0.493 e. The highest BCUT2D eigenvalue weighted by molar-refractivity contribution is 6.65. The van der Waals surface area contributed by atoms with Crippen molar-refractivity contribution >= 4 is 24.2 Å². The van der Waals surface area contributed by atoms with Gasteiger partial charge in [-0.05, 0) is 52.2 Å². The second-order valence-corrected chi connectivity index (χ2v) is 6.93. The molecule has 0 atom stereocenters. The highest BCUT2D eigenvalue weighted by Crippen LogP contribution is 2.37. The topological polar surface area (TPSA) is 27.7 Å². The largest absolute Gasteiger partial charge is 0.496 e. The molecule has 0 aliphatic carbocycles. The molecule has 5 heteroatoms. The molecule has 20 heavy (non-hydrogen) atoms. The van der Waals surface area contributed by atoms with Gasteiger partial charge in [0.15, 0.2) is 0 Å². The molecule has 0 unspecified atom stereocenters. The Morgan fingerprint density at radius 3 is 2.40 bits per heavy atom. The van der Waals surface area contributed by atoms with Crippen LogP contribution >= 0.6 is 11.6 Å². The van der Waals surface area contributed by atoms with Crippen molar-refractivity contribution < 1.29 is 14.0 Å². The van der Waals surface area contributed by atoms with Gasteiger partial charge in [-0.25, -0.2) is 0 Å². The predicted molar refractivity (Wildman–Crippen MR) is 81.0 cm³/mol. The van der Waals surface area contributed by atoms with Gasteiger partial charge in [-0.2, -0.15) is 0 Å². The normalized spacial score (nSPS) is 23.4. The van der Waals surface area contributed by atoms with E-state index in [1.165, 1.54) is 5.56 Å². The maximum Gasteiger partial charge on any atom is 0.496 e. The third kappa shape index (κ3) is 2.24. The fraction of sp³-hybridized carbons (Fsp3) is 0.600. The summed E-state index contributed by atoms with van der Waals surface area (Å²) >= 11 is 6.39. The van der Waals surface area contributed by atoms with Crippen LogP contribution in [0.3, 0.4) is 0 Å². The third-order valence-corrected chi connectivity index (χ3v) is 4.86. The van der Waals surface area contributed by atoms with Gasteiger partial charge in [0.25, 0.3) is 0 Å². The van der Waals surface area contributed by atoms with Gasteiger partial charge in [-0.3, -0.25) is 0 Å². The van der Waals surface area contributed by atoms with Crippen LogP contribution in [0.2, 0.25) is 5.02 Å². The van der Waals surface area contributed by atoms with Crippen LogP contribution in [0.15, 0.2) is 12.1 Å². The van der Waals surface area contributed by atoms with E-state index in [2.05, 4.69) is 6.07 Å². The van der Waals surface area contributed by atoms with E-state index < -0.39 is 7.12 Å². The zero-order chi connectivity index (χ0) is 14.5. The lowest BCUT2D eigenvalue weighted by molar-refractivity contribution is 0.00578. The Morgan fingerprint density at radius 1 is 1.10 bits per heavy atom. The standard InChI is InChI=1S/C15H20BClO3/c1-14(2)15(3,4)20-16(19-14)11-8-10-6-5-7-18-13(10)9-12(11)17/h8-9H,5-7H2,1-4H3. The molecule has 3 rings (SSSR count). The number of benzene rings is 1. The lowest BCUT2D eigenvalue weighted by atomic mass is 9.77. The Kier molecular flexibility index (Phi) is 3.31. The van der Waals surface area contributed by atoms with Crippen LogP contribution in [0.4, 0.5) is 0 Å². The van der Waals surface area contributed by atoms with Crippen molar-refractivity contribution in [2.24, 2.45) is 0 Å². The molecule has 1 aromatic rings. The SMILES string of the molecule is CC1(C)OB(c2cc3c(cc2Cl)OCCC3)OC1(C)C.